The summed E-state index contributed by atoms with van der Waals surface area (Å²) in [7, 11) is 0. The van der Waals surface area contributed by atoms with Crippen molar-refractivity contribution in [2.45, 2.75) is 26.8 Å². The molecule has 1 aromatic carbocycles. The lowest BCUT2D eigenvalue weighted by atomic mass is 10.0. The number of aromatic nitrogens is 1. The van der Waals surface area contributed by atoms with Gasteiger partial charge in [-0.1, -0.05) is 32.0 Å². The number of aliphatic carboxylic acids is 1. The molecule has 0 saturated heterocycles. The van der Waals surface area contributed by atoms with Crippen LogP contribution in [0.5, 0.6) is 0 Å². The molecule has 22 heavy (non-hydrogen) atoms. The summed E-state index contributed by atoms with van der Waals surface area (Å²) in [6.07, 6.45) is 0. The summed E-state index contributed by atoms with van der Waals surface area (Å²) in [6.45, 7) is 5.08. The standard InChI is InChI=1S/C16H18N2O4/c1-9(2)12(16(20)21)17-14(19)13-10(3)22-15(18-13)11-7-5-4-6-8-11/h4-9,12H,1-3H3,(H,17,19)(H,20,21). The first-order chi connectivity index (χ1) is 10.4. The number of nitrogens with one attached hydrogen (secondary N) is 1. The molecule has 1 amide bonds. The monoisotopic (exact) mass is 302 g/mol. The molecular weight excluding hydrogens is 284 g/mol. The van der Waals surface area contributed by atoms with Gasteiger partial charge >= 0.3 is 5.97 Å². The van der Waals surface area contributed by atoms with Gasteiger partial charge in [0.1, 0.15) is 11.8 Å². The van der Waals surface area contributed by atoms with E-state index in [-0.39, 0.29) is 11.6 Å². The zero-order valence-electron chi connectivity index (χ0n) is 12.7. The predicted octanol–water partition coefficient (Wildman–Crippen LogP) is 2.49. The SMILES string of the molecule is Cc1oc(-c2ccccc2)nc1C(=O)NC(C(=O)O)C(C)C. The Morgan fingerprint density at radius 3 is 2.41 bits per heavy atom. The summed E-state index contributed by atoms with van der Waals surface area (Å²) in [4.78, 5) is 27.6. The molecule has 0 aliphatic carbocycles. The molecule has 2 aromatic rings. The Balaban J connectivity index is 2.24. The van der Waals surface area contributed by atoms with E-state index in [0.717, 1.165) is 5.56 Å². The second-order valence-electron chi connectivity index (χ2n) is 5.32. The molecule has 1 atom stereocenters. The summed E-state index contributed by atoms with van der Waals surface area (Å²) in [5.41, 5.74) is 0.856. The summed E-state index contributed by atoms with van der Waals surface area (Å²) < 4.78 is 5.50. The highest BCUT2D eigenvalue weighted by molar-refractivity contribution is 5.96. The van der Waals surface area contributed by atoms with Crippen molar-refractivity contribution in [2.24, 2.45) is 5.92 Å². The van der Waals surface area contributed by atoms with Crippen LogP contribution >= 0.6 is 0 Å². The van der Waals surface area contributed by atoms with Gasteiger partial charge < -0.3 is 14.8 Å². The smallest absolute Gasteiger partial charge is 0.326 e. The van der Waals surface area contributed by atoms with Crippen molar-refractivity contribution in [2.75, 3.05) is 0 Å². The molecule has 1 unspecified atom stereocenters. The minimum Gasteiger partial charge on any atom is -0.480 e. The Morgan fingerprint density at radius 1 is 1.23 bits per heavy atom. The van der Waals surface area contributed by atoms with E-state index in [2.05, 4.69) is 10.3 Å². The number of carboxylic acid groups (broad SMARTS) is 1. The van der Waals surface area contributed by atoms with E-state index in [1.165, 1.54) is 0 Å². The number of oxazole rings is 1. The number of carbonyl (C=O) groups is 2. The molecule has 2 N–H and O–H groups in total. The maximum absolute atomic E-state index is 12.2. The van der Waals surface area contributed by atoms with E-state index in [1.807, 2.05) is 30.3 Å². The Morgan fingerprint density at radius 2 is 1.86 bits per heavy atom. The Bertz CT molecular complexity index is 677. The van der Waals surface area contributed by atoms with Crippen LogP contribution in [0.15, 0.2) is 34.7 Å². The third-order valence-electron chi connectivity index (χ3n) is 3.25. The molecule has 0 bridgehead atoms. The fraction of sp³-hybridized carbons (Fsp3) is 0.312. The third kappa shape index (κ3) is 3.33. The van der Waals surface area contributed by atoms with Gasteiger partial charge in [-0.15, -0.1) is 0 Å². The van der Waals surface area contributed by atoms with Crippen LogP contribution in [0, 0.1) is 12.8 Å². The molecule has 6 nitrogen and oxygen atoms in total. The second kappa shape index (κ2) is 6.43. The van der Waals surface area contributed by atoms with Crippen molar-refractivity contribution < 1.29 is 19.1 Å². The molecule has 116 valence electrons. The van der Waals surface area contributed by atoms with Crippen LogP contribution in [0.4, 0.5) is 0 Å². The number of nitrogens with zero attached hydrogens (tertiary/aromatic N) is 1. The zero-order valence-corrected chi connectivity index (χ0v) is 12.7. The molecule has 1 heterocycles. The van der Waals surface area contributed by atoms with Gasteiger partial charge in [0.05, 0.1) is 0 Å². The molecule has 0 spiro atoms. The number of aryl methyl sites for hydroxylation is 1. The first kappa shape index (κ1) is 15.8. The highest BCUT2D eigenvalue weighted by Gasteiger charge is 2.26. The largest absolute Gasteiger partial charge is 0.480 e. The van der Waals surface area contributed by atoms with Crippen LogP contribution in [0.1, 0.15) is 30.1 Å². The van der Waals surface area contributed by atoms with Crippen molar-refractivity contribution in [3.8, 4) is 11.5 Å². The maximum Gasteiger partial charge on any atom is 0.326 e. The third-order valence-corrected chi connectivity index (χ3v) is 3.25. The minimum atomic E-state index is -1.08. The average Bonchev–Trinajstić information content (AvgIpc) is 2.87. The van der Waals surface area contributed by atoms with E-state index < -0.39 is 17.9 Å². The molecular formula is C16H18N2O4. The second-order valence-corrected chi connectivity index (χ2v) is 5.32. The van der Waals surface area contributed by atoms with Gasteiger partial charge in [0, 0.05) is 5.56 Å². The predicted molar refractivity (Wildman–Crippen MR) is 80.4 cm³/mol. The minimum absolute atomic E-state index is 0.103. The van der Waals surface area contributed by atoms with Crippen molar-refractivity contribution >= 4 is 11.9 Å². The van der Waals surface area contributed by atoms with Crippen LogP contribution in [0.25, 0.3) is 11.5 Å². The Labute approximate surface area is 128 Å². The van der Waals surface area contributed by atoms with Crippen LogP contribution in [-0.4, -0.2) is 28.0 Å². The fourth-order valence-corrected chi connectivity index (χ4v) is 2.03. The van der Waals surface area contributed by atoms with Gasteiger partial charge in [-0.05, 0) is 25.0 Å². The lowest BCUT2D eigenvalue weighted by Crippen LogP contribution is -2.44. The molecule has 2 rings (SSSR count). The molecule has 0 radical (unpaired) electrons. The first-order valence-electron chi connectivity index (χ1n) is 6.96. The van der Waals surface area contributed by atoms with Crippen LogP contribution < -0.4 is 5.32 Å². The number of benzene rings is 1. The highest BCUT2D eigenvalue weighted by atomic mass is 16.4. The summed E-state index contributed by atoms with van der Waals surface area (Å²) in [5, 5.41) is 11.6. The van der Waals surface area contributed by atoms with Crippen molar-refractivity contribution in [3.05, 3.63) is 41.8 Å². The maximum atomic E-state index is 12.2. The summed E-state index contributed by atoms with van der Waals surface area (Å²) in [5.74, 6) is -1.18. The van der Waals surface area contributed by atoms with Gasteiger partial charge in [0.2, 0.25) is 5.89 Å². The summed E-state index contributed by atoms with van der Waals surface area (Å²) >= 11 is 0. The van der Waals surface area contributed by atoms with Crippen LogP contribution in [0.3, 0.4) is 0 Å². The molecule has 0 aliphatic rings. The number of carboxylic acids is 1. The number of amides is 1. The van der Waals surface area contributed by atoms with Gasteiger partial charge in [-0.25, -0.2) is 9.78 Å². The number of hydrogen-bond acceptors (Lipinski definition) is 4. The Kier molecular flexibility index (Phi) is 4.60. The van der Waals surface area contributed by atoms with E-state index in [1.54, 1.807) is 20.8 Å². The van der Waals surface area contributed by atoms with Crippen molar-refractivity contribution in [1.82, 2.24) is 10.3 Å². The number of hydrogen-bond donors (Lipinski definition) is 2. The normalized spacial score (nSPS) is 12.2. The van der Waals surface area contributed by atoms with Gasteiger partial charge in [0.15, 0.2) is 5.69 Å². The van der Waals surface area contributed by atoms with E-state index >= 15 is 0 Å². The molecule has 1 aromatic heterocycles. The van der Waals surface area contributed by atoms with Gasteiger partial charge in [-0.3, -0.25) is 4.79 Å². The van der Waals surface area contributed by atoms with Crippen molar-refractivity contribution in [3.63, 3.8) is 0 Å². The van der Waals surface area contributed by atoms with Crippen LogP contribution in [-0.2, 0) is 4.79 Å². The van der Waals surface area contributed by atoms with E-state index in [9.17, 15) is 9.59 Å². The molecule has 0 fully saturated rings. The quantitative estimate of drug-likeness (QED) is 0.885. The van der Waals surface area contributed by atoms with Gasteiger partial charge in [-0.2, -0.15) is 0 Å². The van der Waals surface area contributed by atoms with Crippen LogP contribution in [0.2, 0.25) is 0 Å². The first-order valence-corrected chi connectivity index (χ1v) is 6.96. The number of carbonyl (C=O) groups excluding carboxylic acids is 1. The fourth-order valence-electron chi connectivity index (χ4n) is 2.03. The number of rotatable bonds is 5. The lowest BCUT2D eigenvalue weighted by Gasteiger charge is -2.17. The zero-order chi connectivity index (χ0) is 16.3. The lowest BCUT2D eigenvalue weighted by molar-refractivity contribution is -0.140. The summed E-state index contributed by atoms with van der Waals surface area (Å²) in [6, 6.07) is 8.22. The van der Waals surface area contributed by atoms with E-state index in [4.69, 9.17) is 9.52 Å². The highest BCUT2D eigenvalue weighted by Crippen LogP contribution is 2.21. The average molecular weight is 302 g/mol. The topological polar surface area (TPSA) is 92.4 Å². The molecule has 0 saturated carbocycles. The van der Waals surface area contributed by atoms with Gasteiger partial charge in [0.25, 0.3) is 5.91 Å². The molecule has 0 aliphatic heterocycles. The van der Waals surface area contributed by atoms with E-state index in [0.29, 0.717) is 11.7 Å². The Hall–Kier alpha value is -2.63. The molecule has 6 heteroatoms. The van der Waals surface area contributed by atoms with Crippen molar-refractivity contribution in [1.29, 1.82) is 0 Å².